The quantitative estimate of drug-likeness (QED) is 0.533. The second-order valence-corrected chi connectivity index (χ2v) is 11.0. The van der Waals surface area contributed by atoms with Gasteiger partial charge in [-0.1, -0.05) is 23.7 Å². The minimum atomic E-state index is -0.754. The van der Waals surface area contributed by atoms with Crippen molar-refractivity contribution in [3.63, 3.8) is 0 Å². The number of nitrogens with zero attached hydrogens (tertiary/aromatic N) is 3. The van der Waals surface area contributed by atoms with Crippen LogP contribution in [0.4, 0.5) is 4.39 Å². The number of hydrogen-bond acceptors (Lipinski definition) is 4. The predicted molar refractivity (Wildman–Crippen MR) is 131 cm³/mol. The third-order valence-electron chi connectivity index (χ3n) is 7.05. The van der Waals surface area contributed by atoms with Crippen molar-refractivity contribution in [3.05, 3.63) is 56.6 Å². The number of carboxylic acids is 1. The van der Waals surface area contributed by atoms with E-state index in [0.717, 1.165) is 47.5 Å². The fourth-order valence-electron chi connectivity index (χ4n) is 5.32. The average Bonchev–Trinajstić information content (AvgIpc) is 3.36. The van der Waals surface area contributed by atoms with E-state index < -0.39 is 5.97 Å². The minimum absolute atomic E-state index is 0.0683. The molecule has 2 aromatic heterocycles. The number of aromatic nitrogens is 1. The Morgan fingerprint density at radius 3 is 2.65 bits per heavy atom. The highest BCUT2D eigenvalue weighted by atomic mass is 35.5. The van der Waals surface area contributed by atoms with Crippen LogP contribution in [0.3, 0.4) is 0 Å². The van der Waals surface area contributed by atoms with E-state index in [9.17, 15) is 14.0 Å². The summed E-state index contributed by atoms with van der Waals surface area (Å²) in [7, 11) is 0. The number of likely N-dealkylation sites (tertiary alicyclic amines) is 1. The normalized spacial score (nSPS) is 17.3. The molecule has 1 fully saturated rings. The number of aliphatic carboxylic acids is 1. The highest BCUT2D eigenvalue weighted by Crippen LogP contribution is 2.34. The van der Waals surface area contributed by atoms with Crippen molar-refractivity contribution in [2.45, 2.75) is 38.8 Å². The van der Waals surface area contributed by atoms with Gasteiger partial charge in [-0.05, 0) is 62.0 Å². The van der Waals surface area contributed by atoms with Crippen LogP contribution in [0.5, 0.6) is 0 Å². The Labute approximate surface area is 206 Å². The fraction of sp³-hybridized carbons (Fsp3) is 0.440. The van der Waals surface area contributed by atoms with Gasteiger partial charge in [0.25, 0.3) is 0 Å². The molecule has 1 amide bonds. The minimum Gasteiger partial charge on any atom is -0.481 e. The van der Waals surface area contributed by atoms with E-state index in [1.807, 2.05) is 27.7 Å². The summed E-state index contributed by atoms with van der Waals surface area (Å²) < 4.78 is 17.7. The number of carbonyl (C=O) groups is 2. The zero-order chi connectivity index (χ0) is 23.8. The van der Waals surface area contributed by atoms with Crippen LogP contribution in [-0.2, 0) is 29.1 Å². The maximum absolute atomic E-state index is 14.9. The Morgan fingerprint density at radius 2 is 1.94 bits per heavy atom. The van der Waals surface area contributed by atoms with Crippen LogP contribution in [0.25, 0.3) is 10.9 Å². The van der Waals surface area contributed by atoms with E-state index in [4.69, 9.17) is 16.7 Å². The molecule has 0 saturated carbocycles. The topological polar surface area (TPSA) is 65.8 Å². The maximum Gasteiger partial charge on any atom is 0.303 e. The van der Waals surface area contributed by atoms with Crippen LogP contribution >= 0.6 is 22.9 Å². The molecule has 9 heteroatoms. The number of hydrogen-bond donors (Lipinski definition) is 1. The number of rotatable bonds is 6. The first-order valence-electron chi connectivity index (χ1n) is 11.6. The molecule has 5 rings (SSSR count). The van der Waals surface area contributed by atoms with E-state index in [0.29, 0.717) is 42.5 Å². The summed E-state index contributed by atoms with van der Waals surface area (Å²) in [4.78, 5) is 29.2. The van der Waals surface area contributed by atoms with Crippen LogP contribution in [0, 0.1) is 11.7 Å². The molecule has 2 aliphatic rings. The van der Waals surface area contributed by atoms with Crippen molar-refractivity contribution in [3.8, 4) is 0 Å². The first-order chi connectivity index (χ1) is 16.4. The van der Waals surface area contributed by atoms with Gasteiger partial charge in [-0.2, -0.15) is 0 Å². The number of para-hydroxylation sites is 1. The van der Waals surface area contributed by atoms with E-state index in [1.54, 1.807) is 6.07 Å². The van der Waals surface area contributed by atoms with Crippen molar-refractivity contribution >= 4 is 45.7 Å². The summed E-state index contributed by atoms with van der Waals surface area (Å²) >= 11 is 7.62. The molecular weight excluding hydrogens is 477 g/mol. The summed E-state index contributed by atoms with van der Waals surface area (Å²) in [6.45, 7) is 3.41. The smallest absolute Gasteiger partial charge is 0.303 e. The molecule has 0 unspecified atom stereocenters. The Hall–Kier alpha value is -2.42. The number of halogens is 2. The van der Waals surface area contributed by atoms with Gasteiger partial charge in [0.15, 0.2) is 0 Å². The molecule has 3 aromatic rings. The predicted octanol–water partition coefficient (Wildman–Crippen LogP) is 4.62. The third kappa shape index (κ3) is 4.72. The lowest BCUT2D eigenvalue weighted by molar-refractivity contribution is -0.139. The first kappa shape index (κ1) is 23.3. The molecular formula is C25H27ClFN3O3S. The Bertz CT molecular complexity index is 1230. The van der Waals surface area contributed by atoms with Crippen molar-refractivity contribution in [1.82, 2.24) is 14.4 Å². The Kier molecular flexibility index (Phi) is 6.64. The lowest BCUT2D eigenvalue weighted by atomic mass is 9.93. The third-order valence-corrected chi connectivity index (χ3v) is 8.27. The molecule has 1 saturated heterocycles. The number of carboxylic acid groups (broad SMARTS) is 1. The van der Waals surface area contributed by atoms with E-state index in [1.165, 1.54) is 17.4 Å². The lowest BCUT2D eigenvalue weighted by Gasteiger charge is -2.34. The number of benzene rings is 1. The van der Waals surface area contributed by atoms with Crippen LogP contribution < -0.4 is 0 Å². The van der Waals surface area contributed by atoms with Crippen LogP contribution in [0.2, 0.25) is 4.34 Å². The Morgan fingerprint density at radius 1 is 1.15 bits per heavy atom. The second-order valence-electron chi connectivity index (χ2n) is 9.24. The molecule has 0 atom stereocenters. The largest absolute Gasteiger partial charge is 0.481 e. The van der Waals surface area contributed by atoms with Gasteiger partial charge in [0.1, 0.15) is 5.82 Å². The van der Waals surface area contributed by atoms with E-state index in [-0.39, 0.29) is 24.1 Å². The van der Waals surface area contributed by atoms with Crippen LogP contribution in [0.1, 0.15) is 35.4 Å². The molecule has 0 spiro atoms. The lowest BCUT2D eigenvalue weighted by Crippen LogP contribution is -2.45. The highest BCUT2D eigenvalue weighted by Gasteiger charge is 2.30. The van der Waals surface area contributed by atoms with Gasteiger partial charge < -0.3 is 14.6 Å². The molecule has 4 heterocycles. The second kappa shape index (κ2) is 9.68. The SMILES string of the molecule is O=C(O)CC1CCN(CC(=O)N2CCc3c(n(Cc4ccc(Cl)s4)c4c(F)cccc34)C2)CC1. The molecule has 0 radical (unpaired) electrons. The number of carbonyl (C=O) groups excluding carboxylic acids is 1. The van der Waals surface area contributed by atoms with Gasteiger partial charge >= 0.3 is 5.97 Å². The molecule has 0 bridgehead atoms. The van der Waals surface area contributed by atoms with Crippen LogP contribution in [-0.4, -0.2) is 57.5 Å². The van der Waals surface area contributed by atoms with Crippen LogP contribution in [0.15, 0.2) is 30.3 Å². The van der Waals surface area contributed by atoms with Gasteiger partial charge in [0.2, 0.25) is 5.91 Å². The monoisotopic (exact) mass is 503 g/mol. The molecule has 0 aliphatic carbocycles. The number of thiophene rings is 1. The molecule has 34 heavy (non-hydrogen) atoms. The van der Waals surface area contributed by atoms with Gasteiger partial charge in [0.05, 0.1) is 29.5 Å². The van der Waals surface area contributed by atoms with Crippen molar-refractivity contribution in [2.75, 3.05) is 26.2 Å². The van der Waals surface area contributed by atoms with E-state index >= 15 is 0 Å². The maximum atomic E-state index is 14.9. The van der Waals surface area contributed by atoms with E-state index in [2.05, 4.69) is 4.90 Å². The van der Waals surface area contributed by atoms with Gasteiger partial charge in [-0.25, -0.2) is 4.39 Å². The molecule has 6 nitrogen and oxygen atoms in total. The summed E-state index contributed by atoms with van der Waals surface area (Å²) in [6, 6.07) is 9.02. The zero-order valence-electron chi connectivity index (χ0n) is 18.8. The van der Waals surface area contributed by atoms with Gasteiger partial charge in [-0.3, -0.25) is 14.5 Å². The summed E-state index contributed by atoms with van der Waals surface area (Å²) in [5, 5.41) is 9.93. The summed E-state index contributed by atoms with van der Waals surface area (Å²) in [5.74, 6) is -0.747. The number of fused-ring (bicyclic) bond motifs is 3. The number of piperidine rings is 1. The van der Waals surface area contributed by atoms with Crippen molar-refractivity contribution in [2.24, 2.45) is 5.92 Å². The summed E-state index contributed by atoms with van der Waals surface area (Å²) in [5.41, 5.74) is 2.70. The first-order valence-corrected chi connectivity index (χ1v) is 12.8. The Balaban J connectivity index is 1.34. The fourth-order valence-corrected chi connectivity index (χ4v) is 6.40. The number of amides is 1. The molecule has 1 N–H and O–H groups in total. The molecule has 1 aromatic carbocycles. The van der Waals surface area contributed by atoms with Gasteiger partial charge in [0, 0.05) is 28.9 Å². The summed E-state index contributed by atoms with van der Waals surface area (Å²) in [6.07, 6.45) is 2.51. The molecule has 180 valence electrons. The molecule has 2 aliphatic heterocycles. The standard InChI is InChI=1S/C25H27ClFN3O3S/c26-22-5-4-17(34-22)13-30-21-14-29(11-8-18(21)19-2-1-3-20(27)25(19)30)23(31)15-28-9-6-16(7-10-28)12-24(32)33/h1-5,16H,6-15H2,(H,32,33). The highest BCUT2D eigenvalue weighted by molar-refractivity contribution is 7.16. The average molecular weight is 504 g/mol. The van der Waals surface area contributed by atoms with Crippen molar-refractivity contribution in [1.29, 1.82) is 0 Å². The zero-order valence-corrected chi connectivity index (χ0v) is 20.4. The van der Waals surface area contributed by atoms with Crippen molar-refractivity contribution < 1.29 is 19.1 Å². The van der Waals surface area contributed by atoms with Gasteiger partial charge in [-0.15, -0.1) is 11.3 Å².